The van der Waals surface area contributed by atoms with Gasteiger partial charge in [-0.05, 0) is 32.9 Å². The minimum atomic E-state index is -0.819. The van der Waals surface area contributed by atoms with Gasteiger partial charge in [-0.15, -0.1) is 0 Å². The van der Waals surface area contributed by atoms with Crippen molar-refractivity contribution in [2.24, 2.45) is 0 Å². The monoisotopic (exact) mass is 247 g/mol. The maximum atomic E-state index is 12.4. The number of hydrogen-bond acceptors (Lipinski definition) is 3. The average Bonchev–Trinajstić information content (AvgIpc) is 2.33. The first-order valence-corrected chi connectivity index (χ1v) is 5.96. The molecular formula is C13H17N3O2. The molecule has 1 saturated heterocycles. The van der Waals surface area contributed by atoms with Gasteiger partial charge >= 0.3 is 0 Å². The molecule has 1 aliphatic heterocycles. The van der Waals surface area contributed by atoms with Crippen LogP contribution in [0.4, 0.5) is 0 Å². The maximum absolute atomic E-state index is 12.4. The molecule has 2 heterocycles. The molecule has 18 heavy (non-hydrogen) atoms. The van der Waals surface area contributed by atoms with Crippen LogP contribution in [-0.4, -0.2) is 40.3 Å². The molecule has 96 valence electrons. The van der Waals surface area contributed by atoms with Crippen LogP contribution in [0.1, 0.15) is 29.9 Å². The van der Waals surface area contributed by atoms with Gasteiger partial charge in [0, 0.05) is 25.0 Å². The van der Waals surface area contributed by atoms with Gasteiger partial charge in [0.05, 0.1) is 5.56 Å². The lowest BCUT2D eigenvalue weighted by molar-refractivity contribution is -0.133. The first kappa shape index (κ1) is 12.5. The van der Waals surface area contributed by atoms with E-state index in [9.17, 15) is 9.59 Å². The molecule has 5 nitrogen and oxygen atoms in total. The van der Waals surface area contributed by atoms with E-state index < -0.39 is 5.54 Å². The van der Waals surface area contributed by atoms with Gasteiger partial charge in [0.25, 0.3) is 5.91 Å². The quantitative estimate of drug-likeness (QED) is 0.796. The molecular weight excluding hydrogens is 230 g/mol. The Morgan fingerprint density at radius 2 is 2.17 bits per heavy atom. The number of nitrogens with one attached hydrogen (secondary N) is 1. The SMILES string of the molecule is Cc1ccc(C(=O)N2CCNC(=O)C2(C)C)cn1. The Hall–Kier alpha value is -1.91. The zero-order valence-corrected chi connectivity index (χ0v) is 10.9. The van der Waals surface area contributed by atoms with Gasteiger partial charge in [-0.2, -0.15) is 0 Å². The molecule has 0 radical (unpaired) electrons. The van der Waals surface area contributed by atoms with Crippen LogP contribution < -0.4 is 5.32 Å². The number of carbonyl (C=O) groups is 2. The van der Waals surface area contributed by atoms with Crippen molar-refractivity contribution in [2.75, 3.05) is 13.1 Å². The summed E-state index contributed by atoms with van der Waals surface area (Å²) in [6.45, 7) is 6.38. The minimum absolute atomic E-state index is 0.123. The Balaban J connectivity index is 2.28. The largest absolute Gasteiger partial charge is 0.352 e. The molecule has 0 unspecified atom stereocenters. The van der Waals surface area contributed by atoms with Gasteiger partial charge in [-0.1, -0.05) is 0 Å². The summed E-state index contributed by atoms with van der Waals surface area (Å²) < 4.78 is 0. The van der Waals surface area contributed by atoms with Crippen molar-refractivity contribution in [1.29, 1.82) is 0 Å². The highest BCUT2D eigenvalue weighted by molar-refractivity contribution is 5.99. The van der Waals surface area contributed by atoms with E-state index in [1.54, 1.807) is 37.1 Å². The summed E-state index contributed by atoms with van der Waals surface area (Å²) in [4.78, 5) is 29.9. The number of aryl methyl sites for hydroxylation is 1. The van der Waals surface area contributed by atoms with Crippen molar-refractivity contribution in [1.82, 2.24) is 15.2 Å². The number of carbonyl (C=O) groups excluding carboxylic acids is 2. The Kier molecular flexibility index (Phi) is 3.07. The molecule has 0 aliphatic carbocycles. The fraction of sp³-hybridized carbons (Fsp3) is 0.462. The summed E-state index contributed by atoms with van der Waals surface area (Å²) in [5.74, 6) is -0.274. The lowest BCUT2D eigenvalue weighted by Crippen LogP contribution is -2.63. The number of amides is 2. The van der Waals surface area contributed by atoms with E-state index in [0.29, 0.717) is 18.7 Å². The zero-order chi connectivity index (χ0) is 13.3. The second-order valence-electron chi connectivity index (χ2n) is 4.96. The van der Waals surface area contributed by atoms with Crippen LogP contribution in [0.15, 0.2) is 18.3 Å². The number of hydrogen-bond donors (Lipinski definition) is 1. The van der Waals surface area contributed by atoms with Crippen LogP contribution in [0.5, 0.6) is 0 Å². The number of piperazine rings is 1. The van der Waals surface area contributed by atoms with Crippen LogP contribution in [0.2, 0.25) is 0 Å². The summed E-state index contributed by atoms with van der Waals surface area (Å²) in [7, 11) is 0. The molecule has 2 rings (SSSR count). The smallest absolute Gasteiger partial charge is 0.256 e. The highest BCUT2D eigenvalue weighted by Crippen LogP contribution is 2.20. The number of aromatic nitrogens is 1. The topological polar surface area (TPSA) is 62.3 Å². The fourth-order valence-electron chi connectivity index (χ4n) is 2.01. The van der Waals surface area contributed by atoms with Gasteiger partial charge < -0.3 is 10.2 Å². The van der Waals surface area contributed by atoms with Crippen LogP contribution in [0, 0.1) is 6.92 Å². The number of nitrogens with zero attached hydrogens (tertiary/aromatic N) is 2. The van der Waals surface area contributed by atoms with Crippen molar-refractivity contribution < 1.29 is 9.59 Å². The highest BCUT2D eigenvalue weighted by atomic mass is 16.2. The van der Waals surface area contributed by atoms with Gasteiger partial charge in [0.15, 0.2) is 0 Å². The van der Waals surface area contributed by atoms with Crippen LogP contribution in [-0.2, 0) is 4.79 Å². The Morgan fingerprint density at radius 3 is 2.78 bits per heavy atom. The van der Waals surface area contributed by atoms with Crippen LogP contribution in [0.25, 0.3) is 0 Å². The average molecular weight is 247 g/mol. The first-order valence-electron chi connectivity index (χ1n) is 5.96. The molecule has 0 bridgehead atoms. The second kappa shape index (κ2) is 4.40. The van der Waals surface area contributed by atoms with Crippen molar-refractivity contribution >= 4 is 11.8 Å². The van der Waals surface area contributed by atoms with Crippen molar-refractivity contribution in [3.05, 3.63) is 29.6 Å². The summed E-state index contributed by atoms with van der Waals surface area (Å²) in [5, 5.41) is 2.77. The lowest BCUT2D eigenvalue weighted by atomic mass is 9.98. The Bertz CT molecular complexity index is 480. The third-order valence-electron chi connectivity index (χ3n) is 3.25. The third-order valence-corrected chi connectivity index (χ3v) is 3.25. The summed E-state index contributed by atoms with van der Waals surface area (Å²) >= 11 is 0. The Labute approximate surface area is 106 Å². The summed E-state index contributed by atoms with van der Waals surface area (Å²) in [5.41, 5.74) is 0.561. The highest BCUT2D eigenvalue weighted by Gasteiger charge is 2.40. The summed E-state index contributed by atoms with van der Waals surface area (Å²) in [6.07, 6.45) is 1.56. The molecule has 0 atom stereocenters. The van der Waals surface area contributed by atoms with Gasteiger partial charge in [0.1, 0.15) is 5.54 Å². The van der Waals surface area contributed by atoms with E-state index in [2.05, 4.69) is 10.3 Å². The van der Waals surface area contributed by atoms with Gasteiger partial charge in [0.2, 0.25) is 5.91 Å². The number of rotatable bonds is 1. The maximum Gasteiger partial charge on any atom is 0.256 e. The van der Waals surface area contributed by atoms with E-state index in [4.69, 9.17) is 0 Å². The van der Waals surface area contributed by atoms with Crippen molar-refractivity contribution in [3.63, 3.8) is 0 Å². The van der Waals surface area contributed by atoms with Crippen LogP contribution in [0.3, 0.4) is 0 Å². The fourth-order valence-corrected chi connectivity index (χ4v) is 2.01. The molecule has 2 amide bonds. The van der Waals surface area contributed by atoms with E-state index in [0.717, 1.165) is 5.69 Å². The van der Waals surface area contributed by atoms with Gasteiger partial charge in [-0.3, -0.25) is 14.6 Å². The van der Waals surface area contributed by atoms with Gasteiger partial charge in [-0.25, -0.2) is 0 Å². The standard InChI is InChI=1S/C13H17N3O2/c1-9-4-5-10(8-15-9)11(17)16-7-6-14-12(18)13(16,2)3/h4-5,8H,6-7H2,1-3H3,(H,14,18). The minimum Gasteiger partial charge on any atom is -0.352 e. The molecule has 1 aliphatic rings. The van der Waals surface area contributed by atoms with E-state index in [1.165, 1.54) is 0 Å². The normalized spacial score (nSPS) is 18.4. The molecule has 1 fully saturated rings. The Morgan fingerprint density at radius 1 is 1.44 bits per heavy atom. The molecule has 0 saturated carbocycles. The second-order valence-corrected chi connectivity index (χ2v) is 4.96. The van der Waals surface area contributed by atoms with Crippen molar-refractivity contribution in [3.8, 4) is 0 Å². The molecule has 0 aromatic carbocycles. The predicted octanol–water partition coefficient (Wildman–Crippen LogP) is 0.741. The molecule has 1 aromatic rings. The molecule has 0 spiro atoms. The van der Waals surface area contributed by atoms with E-state index in [-0.39, 0.29) is 11.8 Å². The zero-order valence-electron chi connectivity index (χ0n) is 10.9. The molecule has 1 aromatic heterocycles. The summed E-state index contributed by atoms with van der Waals surface area (Å²) in [6, 6.07) is 3.54. The van der Waals surface area contributed by atoms with E-state index >= 15 is 0 Å². The van der Waals surface area contributed by atoms with E-state index in [1.807, 2.05) is 6.92 Å². The molecule has 1 N–H and O–H groups in total. The first-order chi connectivity index (χ1) is 8.43. The lowest BCUT2D eigenvalue weighted by Gasteiger charge is -2.41. The van der Waals surface area contributed by atoms with Crippen molar-refractivity contribution in [2.45, 2.75) is 26.3 Å². The number of pyridine rings is 1. The van der Waals surface area contributed by atoms with Crippen LogP contribution >= 0.6 is 0 Å². The predicted molar refractivity (Wildman–Crippen MR) is 67.1 cm³/mol. The molecule has 5 heteroatoms. The third kappa shape index (κ3) is 2.08.